The van der Waals surface area contributed by atoms with Gasteiger partial charge in [0, 0.05) is 37.5 Å². The second kappa shape index (κ2) is 7.86. The molecule has 2 fully saturated rings. The minimum atomic E-state index is -0.00762. The molecular weight excluding hydrogens is 288 g/mol. The molecule has 2 aliphatic rings. The number of aromatic nitrogens is 2. The van der Waals surface area contributed by atoms with Gasteiger partial charge in [0.05, 0.1) is 6.04 Å². The van der Waals surface area contributed by atoms with Crippen molar-refractivity contribution in [3.63, 3.8) is 0 Å². The van der Waals surface area contributed by atoms with Gasteiger partial charge in [0.25, 0.3) is 0 Å². The maximum atomic E-state index is 12.0. The van der Waals surface area contributed by atoms with Crippen LogP contribution in [0.3, 0.4) is 0 Å². The van der Waals surface area contributed by atoms with Crippen molar-refractivity contribution in [2.75, 3.05) is 13.6 Å². The maximum absolute atomic E-state index is 12.0. The molecule has 1 aromatic rings. The monoisotopic (exact) mass is 316 g/mol. The third-order valence-corrected chi connectivity index (χ3v) is 5.24. The molecular formula is C18H28N4O. The number of nitrogens with zero attached hydrogens (tertiary/aromatic N) is 3. The van der Waals surface area contributed by atoms with Crippen molar-refractivity contribution >= 4 is 5.91 Å². The summed E-state index contributed by atoms with van der Waals surface area (Å²) in [6.07, 6.45) is 13.6. The summed E-state index contributed by atoms with van der Waals surface area (Å²) in [5.74, 6) is 1.69. The lowest BCUT2D eigenvalue weighted by Gasteiger charge is -2.34. The number of nitrogens with one attached hydrogen (secondary N) is 1. The molecule has 0 radical (unpaired) electrons. The zero-order valence-corrected chi connectivity index (χ0v) is 14.1. The fraction of sp³-hybridized carbons (Fsp3) is 0.722. The summed E-state index contributed by atoms with van der Waals surface area (Å²) in [7, 11) is 1.72. The summed E-state index contributed by atoms with van der Waals surface area (Å²) in [5.41, 5.74) is 1.11. The number of hydrogen-bond acceptors (Lipinski definition) is 4. The van der Waals surface area contributed by atoms with Gasteiger partial charge in [-0.25, -0.2) is 9.97 Å². The predicted molar refractivity (Wildman–Crippen MR) is 90.0 cm³/mol. The molecule has 0 aromatic carbocycles. The van der Waals surface area contributed by atoms with Gasteiger partial charge in [-0.05, 0) is 32.2 Å². The Balaban J connectivity index is 1.63. The van der Waals surface area contributed by atoms with Crippen LogP contribution in [0.1, 0.15) is 68.7 Å². The number of piperidine rings is 1. The summed E-state index contributed by atoms with van der Waals surface area (Å²) in [5, 5.41) is 2.79. The van der Waals surface area contributed by atoms with Gasteiger partial charge < -0.3 is 5.32 Å². The van der Waals surface area contributed by atoms with Crippen molar-refractivity contribution in [3.05, 3.63) is 23.8 Å². The number of likely N-dealkylation sites (tertiary alicyclic amines) is 1. The van der Waals surface area contributed by atoms with E-state index in [0.717, 1.165) is 43.7 Å². The average Bonchev–Trinajstić information content (AvgIpc) is 2.63. The maximum Gasteiger partial charge on any atom is 0.237 e. The lowest BCUT2D eigenvalue weighted by molar-refractivity contribution is -0.127. The van der Waals surface area contributed by atoms with Crippen molar-refractivity contribution in [1.82, 2.24) is 20.2 Å². The van der Waals surface area contributed by atoms with E-state index in [4.69, 9.17) is 0 Å². The highest BCUT2D eigenvalue weighted by Crippen LogP contribution is 2.30. The molecule has 0 spiro atoms. The summed E-state index contributed by atoms with van der Waals surface area (Å²) < 4.78 is 0. The Morgan fingerprint density at radius 2 is 1.83 bits per heavy atom. The van der Waals surface area contributed by atoms with Gasteiger partial charge in [-0.2, -0.15) is 0 Å². The van der Waals surface area contributed by atoms with Crippen molar-refractivity contribution in [1.29, 1.82) is 0 Å². The van der Waals surface area contributed by atoms with E-state index in [-0.39, 0.29) is 11.9 Å². The average molecular weight is 316 g/mol. The van der Waals surface area contributed by atoms with E-state index in [2.05, 4.69) is 20.2 Å². The Bertz CT molecular complexity index is 510. The minimum absolute atomic E-state index is 0.00762. The molecule has 3 rings (SSSR count). The molecule has 2 heterocycles. The third-order valence-electron chi connectivity index (χ3n) is 5.24. The molecule has 1 aliphatic carbocycles. The Labute approximate surface area is 138 Å². The van der Waals surface area contributed by atoms with Crippen molar-refractivity contribution < 1.29 is 4.79 Å². The van der Waals surface area contributed by atoms with Gasteiger partial charge >= 0.3 is 0 Å². The topological polar surface area (TPSA) is 58.1 Å². The zero-order chi connectivity index (χ0) is 16.1. The van der Waals surface area contributed by atoms with E-state index in [1.54, 1.807) is 7.05 Å². The first-order valence-electron chi connectivity index (χ1n) is 9.04. The lowest BCUT2D eigenvalue weighted by atomic mass is 9.89. The molecule has 1 N–H and O–H groups in total. The first kappa shape index (κ1) is 16.4. The molecule has 1 aromatic heterocycles. The number of hydrogen-bond donors (Lipinski definition) is 1. The van der Waals surface area contributed by atoms with Gasteiger partial charge in [-0.15, -0.1) is 0 Å². The van der Waals surface area contributed by atoms with Crippen molar-refractivity contribution in [3.8, 4) is 0 Å². The fourth-order valence-corrected chi connectivity index (χ4v) is 3.90. The number of carbonyl (C=O) groups is 1. The van der Waals surface area contributed by atoms with Crippen LogP contribution < -0.4 is 5.32 Å². The van der Waals surface area contributed by atoms with Crippen LogP contribution in [0.5, 0.6) is 0 Å². The molecule has 1 aliphatic heterocycles. The van der Waals surface area contributed by atoms with Crippen LogP contribution in [0, 0.1) is 0 Å². The highest BCUT2D eigenvalue weighted by Gasteiger charge is 2.28. The quantitative estimate of drug-likeness (QED) is 0.928. The van der Waals surface area contributed by atoms with E-state index in [9.17, 15) is 4.79 Å². The van der Waals surface area contributed by atoms with E-state index in [0.29, 0.717) is 5.92 Å². The molecule has 0 bridgehead atoms. The summed E-state index contributed by atoms with van der Waals surface area (Å²) in [6.45, 7) is 1.74. The second-order valence-corrected chi connectivity index (χ2v) is 6.88. The Morgan fingerprint density at radius 1 is 1.13 bits per heavy atom. The molecule has 23 heavy (non-hydrogen) atoms. The zero-order valence-electron chi connectivity index (χ0n) is 14.1. The van der Waals surface area contributed by atoms with Gasteiger partial charge in [-0.3, -0.25) is 9.69 Å². The number of likely N-dealkylation sites (N-methyl/N-ethyl adjacent to an activating group) is 1. The highest BCUT2D eigenvalue weighted by atomic mass is 16.2. The first-order valence-corrected chi connectivity index (χ1v) is 9.04. The Kier molecular flexibility index (Phi) is 5.60. The van der Waals surface area contributed by atoms with Crippen LogP contribution in [0.25, 0.3) is 0 Å². The SMILES string of the molecule is CNC(=O)C1CCCCN1Cc1cnc(C2CCCCC2)nc1. The van der Waals surface area contributed by atoms with Crippen LogP contribution >= 0.6 is 0 Å². The third kappa shape index (κ3) is 4.08. The molecule has 1 saturated heterocycles. The number of rotatable bonds is 4. The van der Waals surface area contributed by atoms with Gasteiger partial charge in [0.2, 0.25) is 5.91 Å². The van der Waals surface area contributed by atoms with Crippen molar-refractivity contribution in [2.24, 2.45) is 0 Å². The Morgan fingerprint density at radius 3 is 2.52 bits per heavy atom. The number of amides is 1. The van der Waals surface area contributed by atoms with Crippen LogP contribution in [0.2, 0.25) is 0 Å². The molecule has 5 heteroatoms. The van der Waals surface area contributed by atoms with E-state index < -0.39 is 0 Å². The summed E-state index contributed by atoms with van der Waals surface area (Å²) in [6, 6.07) is -0.00762. The van der Waals surface area contributed by atoms with Crippen LogP contribution in [-0.2, 0) is 11.3 Å². The fourth-order valence-electron chi connectivity index (χ4n) is 3.90. The van der Waals surface area contributed by atoms with Gasteiger partial charge in [0.1, 0.15) is 5.82 Å². The van der Waals surface area contributed by atoms with E-state index >= 15 is 0 Å². The predicted octanol–water partition coefficient (Wildman–Crippen LogP) is 2.62. The van der Waals surface area contributed by atoms with Crippen LogP contribution in [0.15, 0.2) is 12.4 Å². The summed E-state index contributed by atoms with van der Waals surface area (Å²) >= 11 is 0. The molecule has 1 atom stereocenters. The summed E-state index contributed by atoms with van der Waals surface area (Å²) in [4.78, 5) is 23.5. The second-order valence-electron chi connectivity index (χ2n) is 6.88. The normalized spacial score (nSPS) is 23.6. The molecule has 5 nitrogen and oxygen atoms in total. The smallest absolute Gasteiger partial charge is 0.237 e. The van der Waals surface area contributed by atoms with Gasteiger partial charge in [-0.1, -0.05) is 25.7 Å². The van der Waals surface area contributed by atoms with Crippen LogP contribution in [-0.4, -0.2) is 40.4 Å². The first-order chi connectivity index (χ1) is 11.3. The van der Waals surface area contributed by atoms with Crippen LogP contribution in [0.4, 0.5) is 0 Å². The van der Waals surface area contributed by atoms with E-state index in [1.807, 2.05) is 12.4 Å². The number of carbonyl (C=O) groups excluding carboxylic acids is 1. The highest BCUT2D eigenvalue weighted by molar-refractivity contribution is 5.81. The van der Waals surface area contributed by atoms with Gasteiger partial charge in [0.15, 0.2) is 0 Å². The Hall–Kier alpha value is -1.49. The van der Waals surface area contributed by atoms with Crippen molar-refractivity contribution in [2.45, 2.75) is 69.9 Å². The lowest BCUT2D eigenvalue weighted by Crippen LogP contribution is -2.48. The molecule has 1 unspecified atom stereocenters. The van der Waals surface area contributed by atoms with E-state index in [1.165, 1.54) is 32.1 Å². The standard InChI is InChI=1S/C18H28N4O/c1-19-18(23)16-9-5-6-10-22(16)13-14-11-20-17(21-12-14)15-7-3-2-4-8-15/h11-12,15-16H,2-10,13H2,1H3,(H,19,23). The largest absolute Gasteiger partial charge is 0.358 e. The minimum Gasteiger partial charge on any atom is -0.358 e. The molecule has 126 valence electrons. The molecule has 1 amide bonds. The molecule has 1 saturated carbocycles.